The minimum Gasteiger partial charge on any atom is -0.458 e. The zero-order valence-corrected chi connectivity index (χ0v) is 51.1. The fraction of sp³-hybridized carbons (Fsp3) is 0.738. The van der Waals surface area contributed by atoms with Gasteiger partial charge in [-0.15, -0.1) is 0 Å². The van der Waals surface area contributed by atoms with E-state index in [4.69, 9.17) is 28.4 Å². The molecule has 13 aliphatic rings. The summed E-state index contributed by atoms with van der Waals surface area (Å²) in [5.41, 5.74) is -1.19. The molecule has 19 heteroatoms. The van der Waals surface area contributed by atoms with Crippen molar-refractivity contribution in [2.24, 2.45) is 53.3 Å². The number of fused-ring (bicyclic) bond motifs is 1. The molecule has 2 N–H and O–H groups in total. The zero-order valence-electron chi connectivity index (χ0n) is 51.1. The van der Waals surface area contributed by atoms with E-state index in [2.05, 4.69) is 58.4 Å². The van der Waals surface area contributed by atoms with Crippen LogP contribution in [0.3, 0.4) is 0 Å². The second-order valence-corrected chi connectivity index (χ2v) is 27.1. The number of aliphatic hydroxyl groups is 2. The smallest absolute Gasteiger partial charge is 0.425 e. The number of alkyl halides is 3. The third-order valence-electron chi connectivity index (χ3n) is 19.2. The predicted octanol–water partition coefficient (Wildman–Crippen LogP) is 11.5. The Kier molecular flexibility index (Phi) is 21.6. The first-order valence-electron chi connectivity index (χ1n) is 30.2. The van der Waals surface area contributed by atoms with Crippen molar-refractivity contribution in [2.75, 3.05) is 6.61 Å². The SMILES string of the molecule is C=C(C)C(=O)OC(C)C(F)(F)F.C=C(C)C(=O)OC1(C(C)C)C2CC3CC(C2)CC1C3.C=C(C)C(=O)OC1(CC)CCCC1.C=C(C)C(=O)OC12CC3CC(O)(CC(O)(C3)C1)C2.C=C(C)C(=O)OCC(=O)OC1C2CC3CC(C2)C(=O)OC1C3. The highest BCUT2D eigenvalue weighted by Gasteiger charge is 2.65. The fourth-order valence-electron chi connectivity index (χ4n) is 16.1. The lowest BCUT2D eigenvalue weighted by molar-refractivity contribution is -0.260. The van der Waals surface area contributed by atoms with Crippen LogP contribution in [0.15, 0.2) is 60.8 Å². The van der Waals surface area contributed by atoms with Gasteiger partial charge in [0.1, 0.15) is 29.0 Å². The summed E-state index contributed by atoms with van der Waals surface area (Å²) >= 11 is 0. The Labute approximate surface area is 494 Å². The molecule has 13 fully saturated rings. The summed E-state index contributed by atoms with van der Waals surface area (Å²) in [5.74, 6) is 0.992. The standard InChI is InChI=1S/C17H26O2.C16H20O6.C14H20O4.C11H18O2.C7H9F3O2/c1-10(2)16(18)19-17(11(3)4)14-6-12-5-13(8-14)9-15(17)7-12;1-8(2)15(18)20-7-13(17)22-14-10-3-9-4-11(6-10)16(19)21-12(14)5-9;1-9(2)11(15)18-14-5-10-3-12(16,7-14)6-13(17,4-10)8-14;1-4-11(7-5-6-8-11)13-10(12)9(2)3;1-4(2)6(11)12-5(3)7(8,9)10/h11-15H,1,5-9H2,2-4H3;9-12,14H,1,3-7H2,2H3;10,16-17H,1,3-8H2,2H3;2,4-8H2,1,3H3;5H,1H2,2-3H3. The monoisotopic (exact) mass is 1190 g/mol. The van der Waals surface area contributed by atoms with Crippen LogP contribution in [0.1, 0.15) is 191 Å². The maximum absolute atomic E-state index is 12.1. The summed E-state index contributed by atoms with van der Waals surface area (Å²) in [5, 5.41) is 21.0. The number of hydrogen-bond donors (Lipinski definition) is 2. The average Bonchev–Trinajstić information content (AvgIpc) is 0.988. The van der Waals surface area contributed by atoms with Crippen LogP contribution in [0.2, 0.25) is 0 Å². The third-order valence-corrected chi connectivity index (χ3v) is 19.2. The van der Waals surface area contributed by atoms with Gasteiger partial charge in [-0.2, -0.15) is 13.2 Å². The molecule has 0 aromatic rings. The maximum Gasteiger partial charge on any atom is 0.425 e. The lowest BCUT2D eigenvalue weighted by Gasteiger charge is -2.62. The minimum atomic E-state index is -4.51. The van der Waals surface area contributed by atoms with Crippen LogP contribution in [0.5, 0.6) is 0 Å². The summed E-state index contributed by atoms with van der Waals surface area (Å²) in [4.78, 5) is 80.9. The lowest BCUT2D eigenvalue weighted by Crippen LogP contribution is -2.66. The second kappa shape index (κ2) is 26.8. The zero-order chi connectivity index (χ0) is 62.7. The van der Waals surface area contributed by atoms with E-state index in [0.717, 1.165) is 83.0 Å². The molecule has 0 amide bonds. The molecule has 84 heavy (non-hydrogen) atoms. The Morgan fingerprint density at radius 1 is 0.619 bits per heavy atom. The van der Waals surface area contributed by atoms with Gasteiger partial charge >= 0.3 is 48.0 Å². The average molecular weight is 1190 g/mol. The number of ether oxygens (including phenoxy) is 7. The van der Waals surface area contributed by atoms with Crippen LogP contribution in [0, 0.1) is 53.3 Å². The first kappa shape index (κ1) is 67.8. The number of halogens is 3. The van der Waals surface area contributed by atoms with Crippen LogP contribution in [0.25, 0.3) is 0 Å². The van der Waals surface area contributed by atoms with E-state index in [1.807, 2.05) is 0 Å². The molecule has 8 unspecified atom stereocenters. The van der Waals surface area contributed by atoms with Gasteiger partial charge in [0.15, 0.2) is 12.7 Å². The Bertz CT molecular complexity index is 2510. The van der Waals surface area contributed by atoms with Gasteiger partial charge in [0.2, 0.25) is 0 Å². The highest BCUT2D eigenvalue weighted by atomic mass is 19.4. The summed E-state index contributed by atoms with van der Waals surface area (Å²) in [7, 11) is 0. The van der Waals surface area contributed by atoms with Crippen LogP contribution in [-0.4, -0.2) is 111 Å². The Balaban J connectivity index is 0.000000172. The van der Waals surface area contributed by atoms with E-state index in [-0.39, 0.29) is 64.1 Å². The molecule has 2 heterocycles. The predicted molar refractivity (Wildman–Crippen MR) is 304 cm³/mol. The highest BCUT2D eigenvalue weighted by Crippen LogP contribution is 2.63. The summed E-state index contributed by atoms with van der Waals surface area (Å²) in [6.45, 7) is 32.2. The van der Waals surface area contributed by atoms with Gasteiger partial charge in [-0.3, -0.25) is 4.79 Å². The number of carbonyl (C=O) groups excluding carboxylic acids is 7. The Morgan fingerprint density at radius 3 is 1.57 bits per heavy atom. The van der Waals surface area contributed by atoms with Crippen molar-refractivity contribution in [3.63, 3.8) is 0 Å². The molecule has 0 spiro atoms. The molecule has 13 rings (SSSR count). The summed E-state index contributed by atoms with van der Waals surface area (Å²) in [6.07, 6.45) is 11.3. The molecular weight excluding hydrogens is 1090 g/mol. The largest absolute Gasteiger partial charge is 0.458 e. The maximum atomic E-state index is 12.1. The molecule has 470 valence electrons. The highest BCUT2D eigenvalue weighted by molar-refractivity contribution is 5.89. The summed E-state index contributed by atoms with van der Waals surface area (Å²) < 4.78 is 72.2. The van der Waals surface area contributed by atoms with Crippen LogP contribution >= 0.6 is 0 Å². The van der Waals surface area contributed by atoms with Crippen molar-refractivity contribution >= 4 is 41.8 Å². The van der Waals surface area contributed by atoms with Crippen molar-refractivity contribution < 1.29 is 90.1 Å². The molecule has 16 nitrogen and oxygen atoms in total. The molecule has 0 aromatic heterocycles. The molecule has 0 radical (unpaired) electrons. The topological polar surface area (TPSA) is 225 Å². The molecule has 11 aliphatic carbocycles. The molecule has 11 saturated carbocycles. The molecular formula is C65H93F3O16. The lowest BCUT2D eigenvalue weighted by atomic mass is 9.47. The van der Waals surface area contributed by atoms with Gasteiger partial charge in [0, 0.05) is 53.0 Å². The van der Waals surface area contributed by atoms with Gasteiger partial charge in [0.25, 0.3) is 0 Å². The quantitative estimate of drug-likeness (QED) is 0.0937. The van der Waals surface area contributed by atoms with E-state index in [9.17, 15) is 56.9 Å². The molecule has 8 atom stereocenters. The minimum absolute atomic E-state index is 0.0499. The van der Waals surface area contributed by atoms with E-state index < -0.39 is 65.7 Å². The van der Waals surface area contributed by atoms with Crippen molar-refractivity contribution in [1.82, 2.24) is 0 Å². The first-order chi connectivity index (χ1) is 38.9. The second-order valence-electron chi connectivity index (χ2n) is 27.1. The Hall–Kier alpha value is -5.30. The number of carbonyl (C=O) groups is 7. The van der Waals surface area contributed by atoms with Crippen LogP contribution in [-0.2, 0) is 66.7 Å². The van der Waals surface area contributed by atoms with E-state index >= 15 is 0 Å². The third kappa shape index (κ3) is 16.4. The molecule has 0 aromatic carbocycles. The van der Waals surface area contributed by atoms with Crippen molar-refractivity contribution in [1.29, 1.82) is 0 Å². The fourth-order valence-corrected chi connectivity index (χ4v) is 16.1. The number of esters is 7. The van der Waals surface area contributed by atoms with E-state index in [0.29, 0.717) is 59.7 Å². The summed E-state index contributed by atoms with van der Waals surface area (Å²) in [6, 6.07) is 0. The van der Waals surface area contributed by atoms with Crippen molar-refractivity contribution in [2.45, 2.75) is 243 Å². The Morgan fingerprint density at radius 2 is 1.11 bits per heavy atom. The normalized spacial score (nSPS) is 34.7. The number of hydrogen-bond acceptors (Lipinski definition) is 16. The van der Waals surface area contributed by atoms with Crippen molar-refractivity contribution in [3.05, 3.63) is 60.8 Å². The van der Waals surface area contributed by atoms with Gasteiger partial charge in [-0.25, -0.2) is 28.8 Å². The molecule has 2 aliphatic heterocycles. The van der Waals surface area contributed by atoms with Crippen LogP contribution in [0.4, 0.5) is 13.2 Å². The van der Waals surface area contributed by atoms with Crippen molar-refractivity contribution in [3.8, 4) is 0 Å². The molecule has 12 bridgehead atoms. The van der Waals surface area contributed by atoms with E-state index in [1.165, 1.54) is 58.8 Å². The van der Waals surface area contributed by atoms with E-state index in [1.54, 1.807) is 20.8 Å². The van der Waals surface area contributed by atoms with Gasteiger partial charge in [-0.05, 0) is 192 Å². The molecule has 2 saturated heterocycles. The number of rotatable bonds is 14. The van der Waals surface area contributed by atoms with Gasteiger partial charge < -0.3 is 43.4 Å². The van der Waals surface area contributed by atoms with Gasteiger partial charge in [-0.1, -0.05) is 53.7 Å². The van der Waals surface area contributed by atoms with Gasteiger partial charge in [0.05, 0.1) is 17.1 Å². The van der Waals surface area contributed by atoms with Crippen LogP contribution < -0.4 is 0 Å². The first-order valence-corrected chi connectivity index (χ1v) is 30.2.